The highest BCUT2D eigenvalue weighted by atomic mass is 16.3. The van der Waals surface area contributed by atoms with Gasteiger partial charge in [0.1, 0.15) is 17.6 Å². The molecule has 1 N–H and O–H groups in total. The van der Waals surface area contributed by atoms with Gasteiger partial charge in [-0.05, 0) is 37.1 Å². The fourth-order valence-corrected chi connectivity index (χ4v) is 4.21. The third-order valence-corrected chi connectivity index (χ3v) is 6.17. The van der Waals surface area contributed by atoms with Crippen LogP contribution in [0.2, 0.25) is 0 Å². The van der Waals surface area contributed by atoms with Crippen LogP contribution in [-0.2, 0) is 17.9 Å². The molecule has 3 heterocycles. The molecule has 4 rings (SSSR count). The van der Waals surface area contributed by atoms with Crippen molar-refractivity contribution in [1.82, 2.24) is 14.4 Å². The fourth-order valence-electron chi connectivity index (χ4n) is 4.21. The van der Waals surface area contributed by atoms with E-state index in [-0.39, 0.29) is 5.91 Å². The Morgan fingerprint density at radius 1 is 1.03 bits per heavy atom. The lowest BCUT2D eigenvalue weighted by Gasteiger charge is -2.34. The van der Waals surface area contributed by atoms with Gasteiger partial charge in [0.15, 0.2) is 0 Å². The van der Waals surface area contributed by atoms with Gasteiger partial charge >= 0.3 is 0 Å². The summed E-state index contributed by atoms with van der Waals surface area (Å²) in [6.45, 7) is 9.13. The average molecular weight is 432 g/mol. The lowest BCUT2D eigenvalue weighted by molar-refractivity contribution is -0.117. The molecule has 0 unspecified atom stereocenters. The molecule has 1 amide bonds. The Hall–Kier alpha value is -3.34. The Labute approximate surface area is 188 Å². The van der Waals surface area contributed by atoms with Crippen LogP contribution in [0, 0.1) is 25.2 Å². The summed E-state index contributed by atoms with van der Waals surface area (Å²) in [4.78, 5) is 17.5. The van der Waals surface area contributed by atoms with Gasteiger partial charge in [-0.3, -0.25) is 14.6 Å². The predicted octanol–water partition coefficient (Wildman–Crippen LogP) is 3.37. The number of benzene rings is 1. The lowest BCUT2D eigenvalue weighted by atomic mass is 10.2. The number of furan rings is 1. The molecule has 7 nitrogen and oxygen atoms in total. The monoisotopic (exact) mass is 431 g/mol. The van der Waals surface area contributed by atoms with Crippen LogP contribution >= 0.6 is 0 Å². The van der Waals surface area contributed by atoms with Crippen molar-refractivity contribution in [1.29, 1.82) is 5.26 Å². The number of carbonyl (C=O) groups excluding carboxylic acids is 1. The summed E-state index contributed by atoms with van der Waals surface area (Å²) in [7, 11) is 0. The molecule has 0 spiro atoms. The van der Waals surface area contributed by atoms with Crippen LogP contribution in [0.4, 0.5) is 5.82 Å². The van der Waals surface area contributed by atoms with Gasteiger partial charge in [-0.25, -0.2) is 0 Å². The second kappa shape index (κ2) is 9.86. The zero-order chi connectivity index (χ0) is 22.5. The number of amides is 1. The number of nitrogens with one attached hydrogen (secondary N) is 1. The molecule has 1 aliphatic heterocycles. The average Bonchev–Trinajstić information content (AvgIpc) is 3.39. The topological polar surface area (TPSA) is 77.4 Å². The number of nitrogens with zero attached hydrogens (tertiary/aromatic N) is 4. The van der Waals surface area contributed by atoms with E-state index < -0.39 is 0 Å². The van der Waals surface area contributed by atoms with Crippen molar-refractivity contribution in [2.75, 3.05) is 38.0 Å². The molecule has 32 heavy (non-hydrogen) atoms. The van der Waals surface area contributed by atoms with E-state index in [2.05, 4.69) is 45.5 Å². The maximum Gasteiger partial charge on any atom is 0.239 e. The highest BCUT2D eigenvalue weighted by Crippen LogP contribution is 2.27. The quantitative estimate of drug-likeness (QED) is 0.621. The van der Waals surface area contributed by atoms with Gasteiger partial charge in [0.2, 0.25) is 5.91 Å². The number of aromatic nitrogens is 1. The Balaban J connectivity index is 1.37. The maximum atomic E-state index is 12.9. The number of hydrogen-bond acceptors (Lipinski definition) is 5. The van der Waals surface area contributed by atoms with E-state index in [1.807, 2.05) is 36.6 Å². The van der Waals surface area contributed by atoms with Crippen LogP contribution in [0.15, 0.2) is 53.1 Å². The minimum absolute atomic E-state index is 0.101. The Morgan fingerprint density at radius 3 is 2.41 bits per heavy atom. The molecule has 166 valence electrons. The minimum Gasteiger partial charge on any atom is -0.467 e. The molecule has 0 bridgehead atoms. The molecule has 0 atom stereocenters. The van der Waals surface area contributed by atoms with Crippen LogP contribution in [-0.4, -0.2) is 53.0 Å². The van der Waals surface area contributed by atoms with Gasteiger partial charge in [0, 0.05) is 38.4 Å². The molecule has 0 saturated carbocycles. The molecule has 1 aliphatic rings. The van der Waals surface area contributed by atoms with Gasteiger partial charge in [0.25, 0.3) is 0 Å². The predicted molar refractivity (Wildman–Crippen MR) is 123 cm³/mol. The van der Waals surface area contributed by atoms with Crippen molar-refractivity contribution < 1.29 is 9.21 Å². The highest BCUT2D eigenvalue weighted by molar-refractivity contribution is 5.93. The third-order valence-electron chi connectivity index (χ3n) is 6.17. The van der Waals surface area contributed by atoms with Gasteiger partial charge in [-0.2, -0.15) is 5.26 Å². The first-order valence-corrected chi connectivity index (χ1v) is 11.0. The minimum atomic E-state index is -0.101. The third kappa shape index (κ3) is 4.93. The zero-order valence-corrected chi connectivity index (χ0v) is 18.7. The molecule has 0 radical (unpaired) electrons. The van der Waals surface area contributed by atoms with Crippen molar-refractivity contribution in [2.45, 2.75) is 26.9 Å². The summed E-state index contributed by atoms with van der Waals surface area (Å²) in [6.07, 6.45) is 1.63. The van der Waals surface area contributed by atoms with E-state index >= 15 is 0 Å². The fraction of sp³-hybridized carbons (Fsp3) is 0.360. The summed E-state index contributed by atoms with van der Waals surface area (Å²) >= 11 is 0. The van der Waals surface area contributed by atoms with Crippen LogP contribution < -0.4 is 5.32 Å². The SMILES string of the molecule is Cc1c(C#N)c(NC(=O)CN2CCN(Cc3ccccc3)CC2)n(Cc2ccco2)c1C. The molecule has 1 saturated heterocycles. The second-order valence-electron chi connectivity index (χ2n) is 8.30. The Kier molecular flexibility index (Phi) is 6.74. The van der Waals surface area contributed by atoms with Crippen molar-refractivity contribution in [3.63, 3.8) is 0 Å². The van der Waals surface area contributed by atoms with E-state index in [0.717, 1.165) is 49.7 Å². The van der Waals surface area contributed by atoms with E-state index in [0.29, 0.717) is 24.5 Å². The van der Waals surface area contributed by atoms with Gasteiger partial charge in [0.05, 0.1) is 24.9 Å². The number of piperazine rings is 1. The van der Waals surface area contributed by atoms with Gasteiger partial charge in [-0.15, -0.1) is 0 Å². The molecule has 2 aromatic heterocycles. The number of hydrogen-bond donors (Lipinski definition) is 1. The molecule has 3 aromatic rings. The Bertz CT molecular complexity index is 1090. The van der Waals surface area contributed by atoms with Crippen LogP contribution in [0.3, 0.4) is 0 Å². The number of rotatable bonds is 7. The molecular formula is C25H29N5O2. The van der Waals surface area contributed by atoms with Crippen molar-refractivity contribution in [2.24, 2.45) is 0 Å². The number of carbonyl (C=O) groups is 1. The summed E-state index contributed by atoms with van der Waals surface area (Å²) < 4.78 is 7.43. The Morgan fingerprint density at radius 2 is 1.75 bits per heavy atom. The summed E-state index contributed by atoms with van der Waals surface area (Å²) in [5.74, 6) is 1.22. The molecule has 1 aromatic carbocycles. The zero-order valence-electron chi connectivity index (χ0n) is 18.7. The van der Waals surface area contributed by atoms with Gasteiger partial charge < -0.3 is 14.3 Å². The van der Waals surface area contributed by atoms with E-state index in [1.165, 1.54) is 5.56 Å². The summed E-state index contributed by atoms with van der Waals surface area (Å²) in [6, 6.07) is 16.4. The van der Waals surface area contributed by atoms with Crippen LogP contribution in [0.5, 0.6) is 0 Å². The molecular weight excluding hydrogens is 402 g/mol. The van der Waals surface area contributed by atoms with Crippen molar-refractivity contribution >= 4 is 11.7 Å². The summed E-state index contributed by atoms with van der Waals surface area (Å²) in [5, 5.41) is 12.7. The standard InChI is InChI=1S/C25H29N5O2/c1-19-20(2)30(17-22-9-6-14-32-22)25(23(19)15-26)27-24(31)18-29-12-10-28(11-13-29)16-21-7-4-3-5-8-21/h3-9,14H,10-13,16-18H2,1-2H3,(H,27,31). The van der Waals surface area contributed by atoms with E-state index in [9.17, 15) is 10.1 Å². The van der Waals surface area contributed by atoms with Crippen LogP contribution in [0.25, 0.3) is 0 Å². The highest BCUT2D eigenvalue weighted by Gasteiger charge is 2.23. The summed E-state index contributed by atoms with van der Waals surface area (Å²) in [5.41, 5.74) is 3.65. The van der Waals surface area contributed by atoms with E-state index in [4.69, 9.17) is 4.42 Å². The van der Waals surface area contributed by atoms with Crippen molar-refractivity contribution in [3.8, 4) is 6.07 Å². The first kappa shape index (κ1) is 21.9. The normalized spacial score (nSPS) is 14.9. The van der Waals surface area contributed by atoms with E-state index in [1.54, 1.807) is 6.26 Å². The molecule has 7 heteroatoms. The lowest BCUT2D eigenvalue weighted by Crippen LogP contribution is -2.48. The number of nitriles is 1. The largest absolute Gasteiger partial charge is 0.467 e. The van der Waals surface area contributed by atoms with Crippen LogP contribution in [0.1, 0.15) is 28.1 Å². The molecule has 0 aliphatic carbocycles. The first-order valence-electron chi connectivity index (χ1n) is 11.0. The number of anilines is 1. The van der Waals surface area contributed by atoms with Gasteiger partial charge in [-0.1, -0.05) is 30.3 Å². The van der Waals surface area contributed by atoms with Crippen molar-refractivity contribution in [3.05, 3.63) is 76.9 Å². The second-order valence-corrected chi connectivity index (χ2v) is 8.30. The smallest absolute Gasteiger partial charge is 0.239 e. The maximum absolute atomic E-state index is 12.9. The first-order chi connectivity index (χ1) is 15.5. The molecule has 1 fully saturated rings.